The lowest BCUT2D eigenvalue weighted by Crippen LogP contribution is -2.39. The van der Waals surface area contributed by atoms with E-state index in [4.69, 9.17) is 0 Å². The van der Waals surface area contributed by atoms with Crippen molar-refractivity contribution < 1.29 is 8.42 Å². The number of fused-ring (bicyclic) bond motifs is 2. The summed E-state index contributed by atoms with van der Waals surface area (Å²) >= 11 is 0. The fourth-order valence-corrected chi connectivity index (χ4v) is 4.77. The van der Waals surface area contributed by atoms with E-state index in [9.17, 15) is 8.42 Å². The lowest BCUT2D eigenvalue weighted by atomic mass is 9.81. The summed E-state index contributed by atoms with van der Waals surface area (Å²) in [6.45, 7) is 3.15. The summed E-state index contributed by atoms with van der Waals surface area (Å²) in [5.74, 6) is 3.03. The van der Waals surface area contributed by atoms with Crippen LogP contribution in [0, 0.1) is 17.8 Å². The second kappa shape index (κ2) is 5.91. The first-order valence-corrected chi connectivity index (χ1v) is 9.46. The Morgan fingerprint density at radius 3 is 2.56 bits per heavy atom. The molecule has 18 heavy (non-hydrogen) atoms. The van der Waals surface area contributed by atoms with Gasteiger partial charge in [0.25, 0.3) is 0 Å². The van der Waals surface area contributed by atoms with Crippen molar-refractivity contribution in [3.8, 4) is 0 Å². The molecule has 1 N–H and O–H groups in total. The van der Waals surface area contributed by atoms with Crippen molar-refractivity contribution in [1.82, 2.24) is 5.32 Å². The maximum absolute atomic E-state index is 11.2. The topological polar surface area (TPSA) is 46.2 Å². The fourth-order valence-electron chi connectivity index (χ4n) is 4.08. The van der Waals surface area contributed by atoms with Crippen LogP contribution in [-0.4, -0.2) is 33.0 Å². The van der Waals surface area contributed by atoms with Gasteiger partial charge in [0.2, 0.25) is 0 Å². The molecule has 0 amide bonds. The summed E-state index contributed by atoms with van der Waals surface area (Å²) in [7, 11) is -2.80. The fraction of sp³-hybridized carbons (Fsp3) is 1.00. The molecule has 2 rings (SSSR count). The van der Waals surface area contributed by atoms with Crippen molar-refractivity contribution in [2.75, 3.05) is 18.6 Å². The standard InChI is InChI=1S/C14H27NO2S/c1-3-15-14(5-4-8-18(2,16)17)13-10-11-6-7-12(13)9-11/h11-15H,3-10H2,1-2H3. The van der Waals surface area contributed by atoms with Gasteiger partial charge < -0.3 is 5.32 Å². The average Bonchev–Trinajstić information content (AvgIpc) is 2.87. The Hall–Kier alpha value is -0.0900. The number of sulfone groups is 1. The molecule has 3 nitrogen and oxygen atoms in total. The highest BCUT2D eigenvalue weighted by Crippen LogP contribution is 2.50. The molecule has 0 saturated heterocycles. The normalized spacial score (nSPS) is 32.9. The third-order valence-corrected chi connectivity index (χ3v) is 5.84. The highest BCUT2D eigenvalue weighted by Gasteiger charge is 2.42. The molecule has 2 aliphatic carbocycles. The van der Waals surface area contributed by atoms with Gasteiger partial charge in [-0.3, -0.25) is 0 Å². The number of hydrogen-bond acceptors (Lipinski definition) is 3. The van der Waals surface area contributed by atoms with E-state index in [1.807, 2.05) is 0 Å². The first-order chi connectivity index (χ1) is 8.49. The molecule has 2 fully saturated rings. The van der Waals surface area contributed by atoms with Crippen LogP contribution in [0.3, 0.4) is 0 Å². The van der Waals surface area contributed by atoms with Gasteiger partial charge in [-0.15, -0.1) is 0 Å². The predicted octanol–water partition coefficient (Wildman–Crippen LogP) is 2.23. The average molecular weight is 273 g/mol. The lowest BCUT2D eigenvalue weighted by Gasteiger charge is -2.31. The molecular weight excluding hydrogens is 246 g/mol. The number of rotatable bonds is 7. The van der Waals surface area contributed by atoms with Crippen molar-refractivity contribution in [2.45, 2.75) is 51.5 Å². The monoisotopic (exact) mass is 273 g/mol. The van der Waals surface area contributed by atoms with Crippen molar-refractivity contribution >= 4 is 9.84 Å². The molecule has 2 aliphatic rings. The SMILES string of the molecule is CCNC(CCCS(C)(=O)=O)C1CC2CCC1C2. The molecule has 4 unspecified atom stereocenters. The van der Waals surface area contributed by atoms with Crippen LogP contribution in [0.2, 0.25) is 0 Å². The first-order valence-electron chi connectivity index (χ1n) is 7.40. The number of nitrogens with one attached hydrogen (secondary N) is 1. The smallest absolute Gasteiger partial charge is 0.147 e. The van der Waals surface area contributed by atoms with E-state index >= 15 is 0 Å². The Bertz CT molecular complexity index is 366. The van der Waals surface area contributed by atoms with Gasteiger partial charge in [-0.2, -0.15) is 0 Å². The van der Waals surface area contributed by atoms with E-state index in [0.717, 1.165) is 37.1 Å². The zero-order chi connectivity index (χ0) is 13.2. The second-order valence-corrected chi connectivity index (χ2v) is 8.53. The van der Waals surface area contributed by atoms with E-state index in [0.29, 0.717) is 11.8 Å². The van der Waals surface area contributed by atoms with Gasteiger partial charge in [0, 0.05) is 18.1 Å². The molecule has 0 spiro atoms. The second-order valence-electron chi connectivity index (χ2n) is 6.27. The van der Waals surface area contributed by atoms with Crippen LogP contribution < -0.4 is 5.32 Å². The van der Waals surface area contributed by atoms with Crippen molar-refractivity contribution in [1.29, 1.82) is 0 Å². The molecule has 0 aromatic carbocycles. The molecule has 106 valence electrons. The van der Waals surface area contributed by atoms with E-state index < -0.39 is 9.84 Å². The van der Waals surface area contributed by atoms with E-state index in [1.165, 1.54) is 31.9 Å². The number of hydrogen-bond donors (Lipinski definition) is 1. The minimum Gasteiger partial charge on any atom is -0.314 e. The van der Waals surface area contributed by atoms with Crippen LogP contribution in [-0.2, 0) is 9.84 Å². The predicted molar refractivity (Wildman–Crippen MR) is 75.3 cm³/mol. The van der Waals surface area contributed by atoms with Gasteiger partial charge in [-0.25, -0.2) is 8.42 Å². The minimum absolute atomic E-state index is 0.343. The highest BCUT2D eigenvalue weighted by molar-refractivity contribution is 7.90. The van der Waals surface area contributed by atoms with Gasteiger partial charge in [0.05, 0.1) is 0 Å². The molecule has 0 aromatic rings. The van der Waals surface area contributed by atoms with Crippen molar-refractivity contribution in [2.24, 2.45) is 17.8 Å². The molecule has 2 saturated carbocycles. The Morgan fingerprint density at radius 1 is 1.28 bits per heavy atom. The van der Waals surface area contributed by atoms with Gasteiger partial charge >= 0.3 is 0 Å². The molecule has 4 atom stereocenters. The zero-order valence-corrected chi connectivity index (χ0v) is 12.5. The van der Waals surface area contributed by atoms with Gasteiger partial charge in [-0.05, 0) is 56.4 Å². The Kier molecular flexibility index (Phi) is 4.70. The van der Waals surface area contributed by atoms with Crippen LogP contribution >= 0.6 is 0 Å². The van der Waals surface area contributed by atoms with Crippen LogP contribution in [0.4, 0.5) is 0 Å². The summed E-state index contributed by atoms with van der Waals surface area (Å²) < 4.78 is 22.4. The molecule has 0 radical (unpaired) electrons. The summed E-state index contributed by atoms with van der Waals surface area (Å²) in [6, 6.07) is 0.548. The maximum Gasteiger partial charge on any atom is 0.147 e. The third kappa shape index (κ3) is 3.70. The summed E-state index contributed by atoms with van der Waals surface area (Å²) in [5, 5.41) is 3.60. The van der Waals surface area contributed by atoms with E-state index in [-0.39, 0.29) is 0 Å². The summed E-state index contributed by atoms with van der Waals surface area (Å²) in [5.41, 5.74) is 0. The van der Waals surface area contributed by atoms with Crippen LogP contribution in [0.25, 0.3) is 0 Å². The summed E-state index contributed by atoms with van der Waals surface area (Å²) in [4.78, 5) is 0. The lowest BCUT2D eigenvalue weighted by molar-refractivity contribution is 0.240. The zero-order valence-electron chi connectivity index (χ0n) is 11.7. The van der Waals surface area contributed by atoms with Crippen molar-refractivity contribution in [3.05, 3.63) is 0 Å². The van der Waals surface area contributed by atoms with E-state index in [1.54, 1.807) is 0 Å². The van der Waals surface area contributed by atoms with Crippen LogP contribution in [0.5, 0.6) is 0 Å². The van der Waals surface area contributed by atoms with Crippen LogP contribution in [0.1, 0.15) is 45.4 Å². The highest BCUT2D eigenvalue weighted by atomic mass is 32.2. The minimum atomic E-state index is -2.80. The largest absolute Gasteiger partial charge is 0.314 e. The van der Waals surface area contributed by atoms with Crippen molar-refractivity contribution in [3.63, 3.8) is 0 Å². The third-order valence-electron chi connectivity index (χ3n) is 4.81. The molecule has 0 aliphatic heterocycles. The molecule has 4 heteroatoms. The Morgan fingerprint density at radius 2 is 2.06 bits per heavy atom. The van der Waals surface area contributed by atoms with Crippen LogP contribution in [0.15, 0.2) is 0 Å². The first kappa shape index (κ1) is 14.3. The summed E-state index contributed by atoms with van der Waals surface area (Å²) in [6.07, 6.45) is 8.82. The Balaban J connectivity index is 1.84. The quantitative estimate of drug-likeness (QED) is 0.773. The molecule has 0 heterocycles. The van der Waals surface area contributed by atoms with Gasteiger partial charge in [-0.1, -0.05) is 13.3 Å². The van der Waals surface area contributed by atoms with Gasteiger partial charge in [0.1, 0.15) is 9.84 Å². The molecule has 2 bridgehead atoms. The van der Waals surface area contributed by atoms with Gasteiger partial charge in [0.15, 0.2) is 0 Å². The molecule has 0 aromatic heterocycles. The maximum atomic E-state index is 11.2. The van der Waals surface area contributed by atoms with E-state index in [2.05, 4.69) is 12.2 Å². The Labute approximate surface area is 112 Å². The molecular formula is C14H27NO2S.